The molecule has 0 unspecified atom stereocenters. The molecule has 4 rings (SSSR count). The Kier molecular flexibility index (Phi) is 4.45. The molecule has 0 bridgehead atoms. The van der Waals surface area contributed by atoms with Crippen molar-refractivity contribution in [2.75, 3.05) is 26.2 Å². The van der Waals surface area contributed by atoms with Crippen molar-refractivity contribution in [2.24, 2.45) is 0 Å². The highest BCUT2D eigenvalue weighted by Gasteiger charge is 2.21. The molecule has 1 fully saturated rings. The number of nitrogens with one attached hydrogen (secondary N) is 2. The third-order valence-corrected chi connectivity index (χ3v) is 4.57. The minimum atomic E-state index is -0.158. The molecule has 25 heavy (non-hydrogen) atoms. The molecule has 0 atom stereocenters. The highest BCUT2D eigenvalue weighted by molar-refractivity contribution is 6.04. The molecule has 2 N–H and O–H groups in total. The summed E-state index contributed by atoms with van der Waals surface area (Å²) in [6.45, 7) is 4.42. The van der Waals surface area contributed by atoms with Crippen LogP contribution in [0.25, 0.3) is 10.9 Å². The maximum absolute atomic E-state index is 12.5. The molecule has 2 heterocycles. The van der Waals surface area contributed by atoms with Gasteiger partial charge in [-0.15, -0.1) is 0 Å². The zero-order valence-electron chi connectivity index (χ0n) is 14.0. The molecule has 128 valence electrons. The Balaban J connectivity index is 1.33. The lowest BCUT2D eigenvalue weighted by molar-refractivity contribution is 0.0601. The molecule has 1 saturated heterocycles. The van der Waals surface area contributed by atoms with E-state index in [2.05, 4.69) is 44.8 Å². The Hall–Kier alpha value is -2.70. The van der Waals surface area contributed by atoms with Crippen molar-refractivity contribution in [1.29, 1.82) is 0 Å². The summed E-state index contributed by atoms with van der Waals surface area (Å²) in [7, 11) is 0. The minimum absolute atomic E-state index is 0.158. The summed E-state index contributed by atoms with van der Waals surface area (Å²) < 4.78 is 0. The van der Waals surface area contributed by atoms with E-state index in [1.807, 2.05) is 35.3 Å². The number of fused-ring (bicyclic) bond motifs is 1. The molecule has 0 radical (unpaired) electrons. The van der Waals surface area contributed by atoms with E-state index in [1.54, 1.807) is 0 Å². The summed E-state index contributed by atoms with van der Waals surface area (Å²) in [5, 5.41) is 9.89. The van der Waals surface area contributed by atoms with Crippen molar-refractivity contribution in [3.05, 3.63) is 65.9 Å². The molecular formula is C19H21N5O. The molecule has 2 aromatic carbocycles. The Labute approximate surface area is 146 Å². The van der Waals surface area contributed by atoms with E-state index >= 15 is 0 Å². The van der Waals surface area contributed by atoms with E-state index in [-0.39, 0.29) is 5.91 Å². The quantitative estimate of drug-likeness (QED) is 0.766. The van der Waals surface area contributed by atoms with Crippen LogP contribution in [0, 0.1) is 0 Å². The number of rotatable bonds is 4. The third kappa shape index (κ3) is 3.55. The topological polar surface area (TPSA) is 64.3 Å². The number of H-pyrrole nitrogens is 1. The molecule has 3 aromatic rings. The number of amides is 1. The predicted molar refractivity (Wildman–Crippen MR) is 96.9 cm³/mol. The summed E-state index contributed by atoms with van der Waals surface area (Å²) in [6.07, 6.45) is 0. The lowest BCUT2D eigenvalue weighted by atomic mass is 10.2. The summed E-state index contributed by atoms with van der Waals surface area (Å²) in [5.74, 6) is -0.158. The maximum Gasteiger partial charge on any atom is 0.286 e. The monoisotopic (exact) mass is 335 g/mol. The molecule has 6 heteroatoms. The summed E-state index contributed by atoms with van der Waals surface area (Å²) in [5.41, 5.74) is 5.63. The predicted octanol–water partition coefficient (Wildman–Crippen LogP) is 2.03. The number of carbonyl (C=O) groups is 1. The van der Waals surface area contributed by atoms with Gasteiger partial charge in [0.1, 0.15) is 0 Å². The van der Waals surface area contributed by atoms with Crippen LogP contribution >= 0.6 is 0 Å². The molecule has 0 spiro atoms. The van der Waals surface area contributed by atoms with Crippen molar-refractivity contribution in [1.82, 2.24) is 25.5 Å². The average Bonchev–Trinajstić information content (AvgIpc) is 3.08. The fourth-order valence-electron chi connectivity index (χ4n) is 3.19. The van der Waals surface area contributed by atoms with Crippen molar-refractivity contribution in [3.63, 3.8) is 0 Å². The van der Waals surface area contributed by atoms with Crippen LogP contribution in [0.1, 0.15) is 16.1 Å². The van der Waals surface area contributed by atoms with Crippen LogP contribution in [-0.4, -0.2) is 52.2 Å². The highest BCUT2D eigenvalue weighted by atomic mass is 16.2. The van der Waals surface area contributed by atoms with Crippen LogP contribution in [0.15, 0.2) is 54.6 Å². The average molecular weight is 335 g/mol. The Morgan fingerprint density at radius 2 is 1.72 bits per heavy atom. The highest BCUT2D eigenvalue weighted by Crippen LogP contribution is 2.15. The van der Waals surface area contributed by atoms with Gasteiger partial charge in [0.2, 0.25) is 0 Å². The first-order valence-electron chi connectivity index (χ1n) is 8.55. The molecule has 1 aliphatic rings. The fraction of sp³-hybridized carbons (Fsp3) is 0.263. The van der Waals surface area contributed by atoms with Gasteiger partial charge in [-0.2, -0.15) is 5.10 Å². The number of benzene rings is 2. The molecule has 1 aromatic heterocycles. The number of hydrogen-bond acceptors (Lipinski definition) is 4. The van der Waals surface area contributed by atoms with Gasteiger partial charge in [0, 0.05) is 38.1 Å². The van der Waals surface area contributed by atoms with E-state index in [0.717, 1.165) is 43.6 Å². The zero-order chi connectivity index (χ0) is 17.1. The van der Waals surface area contributed by atoms with Crippen LogP contribution < -0.4 is 5.43 Å². The number of carbonyl (C=O) groups excluding carboxylic acids is 1. The fourth-order valence-corrected chi connectivity index (χ4v) is 3.19. The van der Waals surface area contributed by atoms with Gasteiger partial charge in [0.05, 0.1) is 5.52 Å². The van der Waals surface area contributed by atoms with Gasteiger partial charge in [0.15, 0.2) is 5.69 Å². The Morgan fingerprint density at radius 3 is 2.52 bits per heavy atom. The number of aromatic nitrogens is 2. The zero-order valence-corrected chi connectivity index (χ0v) is 14.0. The van der Waals surface area contributed by atoms with Crippen LogP contribution in [0.2, 0.25) is 0 Å². The van der Waals surface area contributed by atoms with Gasteiger partial charge in [-0.25, -0.2) is 5.01 Å². The Bertz CT molecular complexity index is 852. The van der Waals surface area contributed by atoms with Crippen molar-refractivity contribution in [3.8, 4) is 0 Å². The summed E-state index contributed by atoms with van der Waals surface area (Å²) in [4.78, 5) is 14.9. The number of para-hydroxylation sites is 1. The number of hydrogen-bond donors (Lipinski definition) is 2. The van der Waals surface area contributed by atoms with Gasteiger partial charge < -0.3 is 0 Å². The first kappa shape index (κ1) is 15.8. The number of aromatic amines is 1. The molecular weight excluding hydrogens is 314 g/mol. The van der Waals surface area contributed by atoms with E-state index in [4.69, 9.17) is 0 Å². The second-order valence-electron chi connectivity index (χ2n) is 6.31. The molecule has 1 aliphatic heterocycles. The first-order chi connectivity index (χ1) is 12.3. The number of piperazine rings is 1. The summed E-state index contributed by atoms with van der Waals surface area (Å²) in [6, 6.07) is 18.1. The van der Waals surface area contributed by atoms with Gasteiger partial charge >= 0.3 is 0 Å². The number of nitrogens with zero attached hydrogens (tertiary/aromatic N) is 3. The van der Waals surface area contributed by atoms with E-state index < -0.39 is 0 Å². The van der Waals surface area contributed by atoms with Crippen molar-refractivity contribution in [2.45, 2.75) is 6.54 Å². The lowest BCUT2D eigenvalue weighted by Crippen LogP contribution is -2.53. The normalized spacial score (nSPS) is 16.2. The smallest absolute Gasteiger partial charge is 0.286 e. The Morgan fingerprint density at radius 1 is 1.00 bits per heavy atom. The maximum atomic E-state index is 12.5. The SMILES string of the molecule is O=C(NN1CCN(Cc2ccccc2)CC1)c1n[nH]c2ccccc12. The van der Waals surface area contributed by atoms with Gasteiger partial charge in [-0.3, -0.25) is 20.2 Å². The lowest BCUT2D eigenvalue weighted by Gasteiger charge is -2.34. The molecule has 6 nitrogen and oxygen atoms in total. The van der Waals surface area contributed by atoms with Gasteiger partial charge in [-0.05, 0) is 11.6 Å². The molecule has 1 amide bonds. The second-order valence-corrected chi connectivity index (χ2v) is 6.31. The third-order valence-electron chi connectivity index (χ3n) is 4.57. The first-order valence-corrected chi connectivity index (χ1v) is 8.55. The van der Waals surface area contributed by atoms with Crippen LogP contribution in [0.3, 0.4) is 0 Å². The van der Waals surface area contributed by atoms with E-state index in [1.165, 1.54) is 5.56 Å². The van der Waals surface area contributed by atoms with E-state index in [0.29, 0.717) is 5.69 Å². The van der Waals surface area contributed by atoms with Gasteiger partial charge in [-0.1, -0.05) is 48.5 Å². The standard InChI is InChI=1S/C19H21N5O/c25-19(18-16-8-4-5-9-17(16)20-21-18)22-24-12-10-23(11-13-24)14-15-6-2-1-3-7-15/h1-9H,10-14H2,(H,20,21)(H,22,25). The second kappa shape index (κ2) is 7.04. The largest absolute Gasteiger partial charge is 0.296 e. The minimum Gasteiger partial charge on any atom is -0.296 e. The summed E-state index contributed by atoms with van der Waals surface area (Å²) >= 11 is 0. The van der Waals surface area contributed by atoms with Crippen LogP contribution in [0.4, 0.5) is 0 Å². The van der Waals surface area contributed by atoms with Crippen LogP contribution in [-0.2, 0) is 6.54 Å². The number of hydrazine groups is 1. The van der Waals surface area contributed by atoms with E-state index in [9.17, 15) is 4.79 Å². The van der Waals surface area contributed by atoms with Crippen molar-refractivity contribution >= 4 is 16.8 Å². The van der Waals surface area contributed by atoms with Gasteiger partial charge in [0.25, 0.3) is 5.91 Å². The van der Waals surface area contributed by atoms with Crippen molar-refractivity contribution < 1.29 is 4.79 Å². The van der Waals surface area contributed by atoms with Crippen LogP contribution in [0.5, 0.6) is 0 Å². The molecule has 0 aliphatic carbocycles. The molecule has 0 saturated carbocycles.